The lowest BCUT2D eigenvalue weighted by Gasteiger charge is -2.19. The van der Waals surface area contributed by atoms with Crippen LogP contribution in [0.15, 0.2) is 42.6 Å². The molecule has 0 bridgehead atoms. The van der Waals surface area contributed by atoms with Gasteiger partial charge in [0.1, 0.15) is 17.3 Å². The number of hydrogen-bond donors (Lipinski definition) is 1. The Labute approximate surface area is 228 Å². The number of pyridine rings is 1. The maximum Gasteiger partial charge on any atom is 0.270 e. The van der Waals surface area contributed by atoms with Gasteiger partial charge in [-0.3, -0.25) is 24.2 Å². The van der Waals surface area contributed by atoms with Crippen molar-refractivity contribution in [1.29, 1.82) is 0 Å². The molecular weight excluding hydrogens is 484 g/mol. The summed E-state index contributed by atoms with van der Waals surface area (Å²) in [7, 11) is 0. The number of benzene rings is 1. The molecule has 1 aromatic carbocycles. The van der Waals surface area contributed by atoms with Gasteiger partial charge in [-0.15, -0.1) is 0 Å². The monoisotopic (exact) mass is 528 g/mol. The van der Waals surface area contributed by atoms with Gasteiger partial charge in [-0.25, -0.2) is 0 Å². The summed E-state index contributed by atoms with van der Waals surface area (Å²) in [5, 5.41) is 2.86. The SMILES string of the molecule is CC.CCCC(=O)c1ccc(-c2ccc(C(=O)NC(COCCC(C)=O)COCCC(=O)CC)nc2)cc1.[HH]. The number of nitrogens with zero attached hydrogens (tertiary/aromatic N) is 1. The van der Waals surface area contributed by atoms with Crippen LogP contribution in [0.1, 0.15) is 89.0 Å². The second-order valence-corrected chi connectivity index (χ2v) is 8.60. The molecule has 2 aromatic rings. The van der Waals surface area contributed by atoms with Gasteiger partial charge < -0.3 is 14.8 Å². The third kappa shape index (κ3) is 12.3. The highest BCUT2D eigenvalue weighted by molar-refractivity contribution is 5.96. The third-order valence-corrected chi connectivity index (χ3v) is 5.50. The fraction of sp³-hybridized carbons (Fsp3) is 0.500. The molecule has 0 aliphatic heterocycles. The Hall–Kier alpha value is -3.23. The van der Waals surface area contributed by atoms with E-state index in [1.54, 1.807) is 37.4 Å². The summed E-state index contributed by atoms with van der Waals surface area (Å²) in [5.41, 5.74) is 2.65. The highest BCUT2D eigenvalue weighted by Gasteiger charge is 2.16. The number of carbonyl (C=O) groups excluding carboxylic acids is 4. The number of nitrogens with one attached hydrogen (secondary N) is 1. The largest absolute Gasteiger partial charge is 0.379 e. The minimum atomic E-state index is -0.462. The van der Waals surface area contributed by atoms with Gasteiger partial charge in [0.05, 0.1) is 32.5 Å². The number of ketones is 3. The molecule has 1 N–H and O–H groups in total. The summed E-state index contributed by atoms with van der Waals surface area (Å²) in [6.07, 6.45) is 4.02. The molecule has 1 amide bonds. The summed E-state index contributed by atoms with van der Waals surface area (Å²) in [4.78, 5) is 51.7. The smallest absolute Gasteiger partial charge is 0.270 e. The van der Waals surface area contributed by atoms with E-state index in [9.17, 15) is 19.2 Å². The average molecular weight is 529 g/mol. The molecule has 1 atom stereocenters. The van der Waals surface area contributed by atoms with Crippen LogP contribution in [-0.2, 0) is 19.1 Å². The van der Waals surface area contributed by atoms with Crippen LogP contribution in [0.25, 0.3) is 11.1 Å². The van der Waals surface area contributed by atoms with E-state index in [1.165, 1.54) is 6.92 Å². The van der Waals surface area contributed by atoms with Crippen LogP contribution in [0.3, 0.4) is 0 Å². The molecule has 210 valence electrons. The maximum absolute atomic E-state index is 12.8. The lowest BCUT2D eigenvalue weighted by molar-refractivity contribution is -0.120. The van der Waals surface area contributed by atoms with E-state index in [2.05, 4.69) is 10.3 Å². The molecule has 1 unspecified atom stereocenters. The number of Topliss-reactive ketones (excluding diaryl/α,β-unsaturated/α-hetero) is 3. The Balaban J connectivity index is 0.00000470. The molecule has 0 radical (unpaired) electrons. The molecule has 0 aliphatic rings. The van der Waals surface area contributed by atoms with Gasteiger partial charge in [-0.05, 0) is 25.0 Å². The van der Waals surface area contributed by atoms with Crippen molar-refractivity contribution in [3.63, 3.8) is 0 Å². The quantitative estimate of drug-likeness (QED) is 0.214. The van der Waals surface area contributed by atoms with E-state index in [1.807, 2.05) is 32.9 Å². The van der Waals surface area contributed by atoms with E-state index >= 15 is 0 Å². The Morgan fingerprint density at radius 1 is 0.868 bits per heavy atom. The predicted octanol–water partition coefficient (Wildman–Crippen LogP) is 5.48. The van der Waals surface area contributed by atoms with Crippen LogP contribution >= 0.6 is 0 Å². The number of ether oxygens (including phenoxy) is 2. The van der Waals surface area contributed by atoms with Gasteiger partial charge >= 0.3 is 0 Å². The van der Waals surface area contributed by atoms with Gasteiger partial charge in [-0.1, -0.05) is 58.0 Å². The molecule has 0 aliphatic carbocycles. The summed E-state index contributed by atoms with van der Waals surface area (Å²) in [6, 6.07) is 10.3. The Bertz CT molecular complexity index is 1010. The van der Waals surface area contributed by atoms with E-state index in [0.717, 1.165) is 17.5 Å². The number of amides is 1. The first-order chi connectivity index (χ1) is 18.3. The molecule has 0 saturated heterocycles. The molecule has 0 fully saturated rings. The van der Waals surface area contributed by atoms with E-state index < -0.39 is 6.04 Å². The summed E-state index contributed by atoms with van der Waals surface area (Å²) < 4.78 is 11.1. The minimum absolute atomic E-state index is 0. The average Bonchev–Trinajstić information content (AvgIpc) is 2.94. The van der Waals surface area contributed by atoms with E-state index in [-0.39, 0.29) is 56.8 Å². The van der Waals surface area contributed by atoms with Crippen LogP contribution in [0.5, 0.6) is 0 Å². The summed E-state index contributed by atoms with van der Waals surface area (Å²) >= 11 is 0. The summed E-state index contributed by atoms with van der Waals surface area (Å²) in [5.74, 6) is -0.124. The number of carbonyl (C=O) groups is 4. The topological polar surface area (TPSA) is 112 Å². The summed E-state index contributed by atoms with van der Waals surface area (Å²) in [6.45, 7) is 10.1. The van der Waals surface area contributed by atoms with Crippen molar-refractivity contribution in [3.05, 3.63) is 53.9 Å². The molecule has 8 heteroatoms. The van der Waals surface area contributed by atoms with E-state index in [4.69, 9.17) is 9.47 Å². The molecule has 0 saturated carbocycles. The normalized spacial score (nSPS) is 11.2. The van der Waals surface area contributed by atoms with Gasteiger partial charge in [0.2, 0.25) is 0 Å². The number of hydrogen-bond acceptors (Lipinski definition) is 7. The lowest BCUT2D eigenvalue weighted by Crippen LogP contribution is -2.42. The highest BCUT2D eigenvalue weighted by Crippen LogP contribution is 2.20. The Morgan fingerprint density at radius 3 is 2.00 bits per heavy atom. The predicted molar refractivity (Wildman–Crippen MR) is 150 cm³/mol. The maximum atomic E-state index is 12.8. The third-order valence-electron chi connectivity index (χ3n) is 5.50. The van der Waals surface area contributed by atoms with E-state index in [0.29, 0.717) is 31.2 Å². The van der Waals surface area contributed by atoms with Gasteiger partial charge in [0.25, 0.3) is 5.91 Å². The zero-order valence-corrected chi connectivity index (χ0v) is 23.4. The van der Waals surface area contributed by atoms with Crippen LogP contribution in [0, 0.1) is 0 Å². The minimum Gasteiger partial charge on any atom is -0.379 e. The molecule has 8 nitrogen and oxygen atoms in total. The number of aromatic nitrogens is 1. The first-order valence-electron chi connectivity index (χ1n) is 13.4. The molecular formula is C30H44N2O6. The molecule has 38 heavy (non-hydrogen) atoms. The number of rotatable bonds is 17. The first kappa shape index (κ1) is 32.8. The zero-order chi connectivity index (χ0) is 28.3. The van der Waals surface area contributed by atoms with Crippen LogP contribution in [0.4, 0.5) is 0 Å². The van der Waals surface area contributed by atoms with Crippen molar-refractivity contribution >= 4 is 23.3 Å². The Morgan fingerprint density at radius 2 is 1.47 bits per heavy atom. The zero-order valence-electron chi connectivity index (χ0n) is 23.4. The molecule has 0 spiro atoms. The van der Waals surface area contributed by atoms with Crippen molar-refractivity contribution < 1.29 is 30.1 Å². The highest BCUT2D eigenvalue weighted by atomic mass is 16.5. The van der Waals surface area contributed by atoms with Gasteiger partial charge in [0, 0.05) is 44.4 Å². The Kier molecular flexibility index (Phi) is 16.3. The first-order valence-corrected chi connectivity index (χ1v) is 13.4. The van der Waals surface area contributed by atoms with Crippen LogP contribution in [0.2, 0.25) is 0 Å². The van der Waals surface area contributed by atoms with Crippen molar-refractivity contribution in [1.82, 2.24) is 10.3 Å². The van der Waals surface area contributed by atoms with Crippen molar-refractivity contribution in [2.45, 2.75) is 72.8 Å². The molecule has 1 aromatic heterocycles. The van der Waals surface area contributed by atoms with Crippen LogP contribution < -0.4 is 5.32 Å². The molecule has 2 rings (SSSR count). The van der Waals surface area contributed by atoms with Crippen molar-refractivity contribution in [2.75, 3.05) is 26.4 Å². The standard InChI is InChI=1S/C28H36N2O6.C2H6.H2/c1-4-6-27(33)22-9-7-21(8-10-22)23-11-12-26(29-17-23)28(34)30-24(18-35-15-13-20(3)31)19-36-16-14-25(32)5-2;1-2;/h7-12,17,24H,4-6,13-16,18-19H2,1-3H3,(H,30,34);1-2H3;1H. The molecule has 1 heterocycles. The lowest BCUT2D eigenvalue weighted by atomic mass is 10.0. The van der Waals surface area contributed by atoms with Crippen molar-refractivity contribution in [2.24, 2.45) is 0 Å². The van der Waals surface area contributed by atoms with Crippen molar-refractivity contribution in [3.8, 4) is 11.1 Å². The second-order valence-electron chi connectivity index (χ2n) is 8.60. The fourth-order valence-corrected chi connectivity index (χ4v) is 3.34. The van der Waals surface area contributed by atoms with Crippen LogP contribution in [-0.4, -0.2) is 60.7 Å². The fourth-order valence-electron chi connectivity index (χ4n) is 3.34. The van der Waals surface area contributed by atoms with Gasteiger partial charge in [0.15, 0.2) is 5.78 Å². The second kappa shape index (κ2) is 18.9. The van der Waals surface area contributed by atoms with Gasteiger partial charge in [-0.2, -0.15) is 0 Å².